The SMILES string of the molecule is COC(=O)c1cc(C)nn1Cc1ccncc1.Cc1cc(C(=O)[O-])n(Cc2ccncc2)n1.[K+]. The Hall–Kier alpha value is -2.70. The molecule has 11 heteroatoms. The maximum absolute atomic E-state index is 11.5. The molecule has 0 saturated heterocycles. The Morgan fingerprint density at radius 3 is 1.65 bits per heavy atom. The van der Waals surface area contributed by atoms with Crippen LogP contribution in [0.5, 0.6) is 0 Å². The fourth-order valence-corrected chi connectivity index (χ4v) is 3.09. The topological polar surface area (TPSA) is 128 Å². The van der Waals surface area contributed by atoms with Crippen molar-refractivity contribution in [2.45, 2.75) is 26.9 Å². The maximum Gasteiger partial charge on any atom is 1.00 e. The zero-order valence-corrected chi connectivity index (χ0v) is 22.6. The number of aryl methyl sites for hydroxylation is 2. The predicted molar refractivity (Wildman–Crippen MR) is 116 cm³/mol. The number of esters is 1. The fraction of sp³-hybridized carbons (Fsp3) is 0.217. The van der Waals surface area contributed by atoms with Crippen LogP contribution in [0.2, 0.25) is 0 Å². The summed E-state index contributed by atoms with van der Waals surface area (Å²) in [5, 5.41) is 19.2. The molecule has 4 heterocycles. The molecule has 0 unspecified atom stereocenters. The van der Waals surface area contributed by atoms with Crippen LogP contribution in [0, 0.1) is 13.8 Å². The van der Waals surface area contributed by atoms with Crippen molar-refractivity contribution >= 4 is 11.9 Å². The molecule has 0 aliphatic rings. The monoisotopic (exact) mass is 486 g/mol. The van der Waals surface area contributed by atoms with Gasteiger partial charge >= 0.3 is 57.4 Å². The van der Waals surface area contributed by atoms with Crippen molar-refractivity contribution < 1.29 is 70.8 Å². The van der Waals surface area contributed by atoms with E-state index in [-0.39, 0.29) is 63.0 Å². The molecular formula is C23H23KN6O4. The molecule has 0 amide bonds. The molecule has 10 nitrogen and oxygen atoms in total. The molecule has 0 aromatic carbocycles. The van der Waals surface area contributed by atoms with Crippen LogP contribution in [-0.4, -0.2) is 48.6 Å². The van der Waals surface area contributed by atoms with E-state index in [2.05, 4.69) is 20.2 Å². The number of hydrogen-bond acceptors (Lipinski definition) is 8. The normalized spacial score (nSPS) is 9.97. The molecule has 0 atom stereocenters. The Morgan fingerprint density at radius 2 is 1.24 bits per heavy atom. The van der Waals surface area contributed by atoms with Crippen LogP contribution in [-0.2, 0) is 17.8 Å². The minimum Gasteiger partial charge on any atom is -0.543 e. The standard InChI is InChI=1S/C12H13N3O2.C11H11N3O2.K/c1-9-7-11(12(16)17-2)15(14-9)8-10-3-5-13-6-4-10;1-8-6-10(11(15)16)14(13-8)7-9-2-4-12-5-3-9;/h3-7H,8H2,1-2H3;2-6H,7H2,1H3,(H,15,16);/q;;+1/p-1. The van der Waals surface area contributed by atoms with Crippen LogP contribution < -0.4 is 56.5 Å². The van der Waals surface area contributed by atoms with Gasteiger partial charge in [0.05, 0.1) is 43.3 Å². The summed E-state index contributed by atoms with van der Waals surface area (Å²) >= 11 is 0. The minimum absolute atomic E-state index is 0. The van der Waals surface area contributed by atoms with Crippen molar-refractivity contribution in [1.29, 1.82) is 0 Å². The van der Waals surface area contributed by atoms with Gasteiger partial charge in [-0.1, -0.05) is 0 Å². The molecule has 0 radical (unpaired) electrons. The zero-order valence-electron chi connectivity index (χ0n) is 19.5. The third-order valence-electron chi connectivity index (χ3n) is 4.57. The van der Waals surface area contributed by atoms with E-state index in [0.29, 0.717) is 24.5 Å². The molecule has 0 N–H and O–H groups in total. The third kappa shape index (κ3) is 7.67. The Bertz CT molecular complexity index is 1230. The van der Waals surface area contributed by atoms with E-state index >= 15 is 0 Å². The second kappa shape index (κ2) is 13.3. The van der Waals surface area contributed by atoms with Crippen LogP contribution in [0.4, 0.5) is 0 Å². The van der Waals surface area contributed by atoms with E-state index in [4.69, 9.17) is 4.74 Å². The van der Waals surface area contributed by atoms with Gasteiger partial charge in [-0.05, 0) is 61.4 Å². The number of methoxy groups -OCH3 is 1. The van der Waals surface area contributed by atoms with Gasteiger partial charge in [0.1, 0.15) is 5.69 Å². The summed E-state index contributed by atoms with van der Waals surface area (Å²) in [6, 6.07) is 10.6. The van der Waals surface area contributed by atoms with Gasteiger partial charge in [0.2, 0.25) is 0 Å². The van der Waals surface area contributed by atoms with Crippen molar-refractivity contribution in [1.82, 2.24) is 29.5 Å². The van der Waals surface area contributed by atoms with E-state index < -0.39 is 5.97 Å². The van der Waals surface area contributed by atoms with Crippen LogP contribution in [0.25, 0.3) is 0 Å². The number of aromatic carboxylic acids is 1. The number of carbonyl (C=O) groups excluding carboxylic acids is 2. The molecule has 0 spiro atoms. The van der Waals surface area contributed by atoms with Gasteiger partial charge in [0.15, 0.2) is 0 Å². The summed E-state index contributed by atoms with van der Waals surface area (Å²) < 4.78 is 7.77. The fourth-order valence-electron chi connectivity index (χ4n) is 3.09. The number of carboxylic acids is 1. The molecule has 0 saturated carbocycles. The Labute approximate surface area is 239 Å². The van der Waals surface area contributed by atoms with Gasteiger partial charge in [-0.3, -0.25) is 19.3 Å². The summed E-state index contributed by atoms with van der Waals surface area (Å²) in [5.74, 6) is -1.59. The molecule has 170 valence electrons. The first kappa shape index (κ1) is 27.5. The smallest absolute Gasteiger partial charge is 0.543 e. The quantitative estimate of drug-likeness (QED) is 0.236. The molecule has 34 heavy (non-hydrogen) atoms. The number of pyridine rings is 2. The summed E-state index contributed by atoms with van der Waals surface area (Å²) in [7, 11) is 1.36. The van der Waals surface area contributed by atoms with Gasteiger partial charge < -0.3 is 14.6 Å². The number of aromatic nitrogens is 6. The summed E-state index contributed by atoms with van der Waals surface area (Å²) in [6.07, 6.45) is 6.74. The first-order valence-corrected chi connectivity index (χ1v) is 10.0. The average Bonchev–Trinajstić information content (AvgIpc) is 3.36. The van der Waals surface area contributed by atoms with E-state index in [1.54, 1.807) is 42.5 Å². The van der Waals surface area contributed by atoms with Crippen LogP contribution >= 0.6 is 0 Å². The summed E-state index contributed by atoms with van der Waals surface area (Å²) in [6.45, 7) is 4.52. The molecule has 0 fully saturated rings. The average molecular weight is 487 g/mol. The number of carboxylic acid groups (broad SMARTS) is 1. The largest absolute Gasteiger partial charge is 1.00 e. The van der Waals surface area contributed by atoms with Gasteiger partial charge in [-0.2, -0.15) is 10.2 Å². The Morgan fingerprint density at radius 1 is 0.824 bits per heavy atom. The van der Waals surface area contributed by atoms with Crippen molar-refractivity contribution in [3.05, 3.63) is 95.1 Å². The van der Waals surface area contributed by atoms with Crippen molar-refractivity contribution in [3.8, 4) is 0 Å². The predicted octanol–water partition coefficient (Wildman–Crippen LogP) is -1.58. The van der Waals surface area contributed by atoms with Crippen molar-refractivity contribution in [2.75, 3.05) is 7.11 Å². The molecule has 4 rings (SSSR count). The van der Waals surface area contributed by atoms with Gasteiger partial charge in [-0.15, -0.1) is 0 Å². The molecule has 0 aliphatic heterocycles. The van der Waals surface area contributed by atoms with Gasteiger partial charge in [0, 0.05) is 24.8 Å². The first-order valence-electron chi connectivity index (χ1n) is 10.0. The van der Waals surface area contributed by atoms with Crippen molar-refractivity contribution in [2.24, 2.45) is 0 Å². The van der Waals surface area contributed by atoms with Crippen LogP contribution in [0.1, 0.15) is 43.5 Å². The number of nitrogens with zero attached hydrogens (tertiary/aromatic N) is 6. The number of carbonyl (C=O) groups is 2. The van der Waals surface area contributed by atoms with Crippen molar-refractivity contribution in [3.63, 3.8) is 0 Å². The number of hydrogen-bond donors (Lipinski definition) is 0. The third-order valence-corrected chi connectivity index (χ3v) is 4.57. The summed E-state index contributed by atoms with van der Waals surface area (Å²) in [4.78, 5) is 30.2. The number of rotatable bonds is 6. The first-order chi connectivity index (χ1) is 15.9. The van der Waals surface area contributed by atoms with E-state index in [9.17, 15) is 14.7 Å². The van der Waals surface area contributed by atoms with E-state index in [0.717, 1.165) is 16.8 Å². The molecule has 4 aromatic heterocycles. The summed E-state index contributed by atoms with van der Waals surface area (Å²) in [5.41, 5.74) is 3.98. The van der Waals surface area contributed by atoms with Gasteiger partial charge in [-0.25, -0.2) is 4.79 Å². The molecule has 0 bridgehead atoms. The number of ether oxygens (including phenoxy) is 1. The van der Waals surface area contributed by atoms with E-state index in [1.807, 2.05) is 31.2 Å². The van der Waals surface area contributed by atoms with E-state index in [1.165, 1.54) is 17.9 Å². The van der Waals surface area contributed by atoms with Gasteiger partial charge in [0.25, 0.3) is 0 Å². The molecule has 4 aromatic rings. The Kier molecular flexibility index (Phi) is 10.7. The molecule has 0 aliphatic carbocycles. The van der Waals surface area contributed by atoms with Crippen LogP contribution in [0.3, 0.4) is 0 Å². The molecular weight excluding hydrogens is 463 g/mol. The maximum atomic E-state index is 11.5. The minimum atomic E-state index is -1.21. The second-order valence-electron chi connectivity index (χ2n) is 7.15. The zero-order chi connectivity index (χ0) is 23.8. The Balaban J connectivity index is 0.000000234. The second-order valence-corrected chi connectivity index (χ2v) is 7.15. The van der Waals surface area contributed by atoms with Crippen LogP contribution in [0.15, 0.2) is 61.2 Å².